The highest BCUT2D eigenvalue weighted by atomic mass is 16.5. The molecule has 0 amide bonds. The third-order valence-corrected chi connectivity index (χ3v) is 2.55. The van der Waals surface area contributed by atoms with E-state index in [1.54, 1.807) is 0 Å². The molecule has 2 rings (SSSR count). The first-order chi connectivity index (χ1) is 7.29. The van der Waals surface area contributed by atoms with Crippen molar-refractivity contribution in [3.63, 3.8) is 0 Å². The summed E-state index contributed by atoms with van der Waals surface area (Å²) in [6.45, 7) is 6.19. The molecule has 1 saturated heterocycles. The Kier molecular flexibility index (Phi) is 6.10. The van der Waals surface area contributed by atoms with Crippen LogP contribution in [0.5, 0.6) is 0 Å². The fourth-order valence-electron chi connectivity index (χ4n) is 1.50. The van der Waals surface area contributed by atoms with Crippen molar-refractivity contribution in [2.45, 2.75) is 39.5 Å². The monoisotopic (exact) mass is 206 g/mol. The van der Waals surface area contributed by atoms with Gasteiger partial charge >= 0.3 is 0 Å². The Balaban J connectivity index is 0.000000151. The zero-order valence-corrected chi connectivity index (χ0v) is 9.96. The van der Waals surface area contributed by atoms with Crippen LogP contribution in [0.1, 0.15) is 36.8 Å². The smallest absolute Gasteiger partial charge is 0.0466 e. The molecule has 0 aromatic heterocycles. The molecule has 0 N–H and O–H groups in total. The minimum Gasteiger partial charge on any atom is -0.381 e. The maximum absolute atomic E-state index is 5.19. The van der Waals surface area contributed by atoms with Crippen molar-refractivity contribution >= 4 is 0 Å². The molecule has 0 radical (unpaired) electrons. The topological polar surface area (TPSA) is 9.23 Å². The molecule has 1 aliphatic heterocycles. The minimum atomic E-state index is 1.00. The van der Waals surface area contributed by atoms with Gasteiger partial charge < -0.3 is 4.74 Å². The van der Waals surface area contributed by atoms with Gasteiger partial charge in [0.1, 0.15) is 0 Å². The molecular formula is C14H22O. The molecule has 0 bridgehead atoms. The van der Waals surface area contributed by atoms with Crippen LogP contribution in [0.3, 0.4) is 0 Å². The van der Waals surface area contributed by atoms with Gasteiger partial charge in [0.2, 0.25) is 0 Å². The van der Waals surface area contributed by atoms with E-state index in [0.29, 0.717) is 0 Å². The lowest BCUT2D eigenvalue weighted by atomic mass is 10.2. The van der Waals surface area contributed by atoms with Crippen molar-refractivity contribution in [1.82, 2.24) is 0 Å². The molecule has 0 saturated carbocycles. The first-order valence-electron chi connectivity index (χ1n) is 5.90. The first kappa shape index (κ1) is 12.3. The van der Waals surface area contributed by atoms with E-state index in [2.05, 4.69) is 38.1 Å². The molecule has 1 aromatic carbocycles. The molecule has 0 spiro atoms. The highest BCUT2D eigenvalue weighted by Crippen LogP contribution is 2.04. The highest BCUT2D eigenvalue weighted by molar-refractivity contribution is 5.19. The van der Waals surface area contributed by atoms with Crippen LogP contribution in [0.25, 0.3) is 0 Å². The maximum atomic E-state index is 5.19. The van der Waals surface area contributed by atoms with E-state index < -0.39 is 0 Å². The quantitative estimate of drug-likeness (QED) is 0.626. The van der Waals surface area contributed by atoms with E-state index in [4.69, 9.17) is 4.74 Å². The summed E-state index contributed by atoms with van der Waals surface area (Å²) in [5.74, 6) is 0. The number of hydrogen-bond donors (Lipinski definition) is 0. The fraction of sp³-hybridized carbons (Fsp3) is 0.571. The molecule has 1 aliphatic rings. The molecular weight excluding hydrogens is 184 g/mol. The van der Waals surface area contributed by atoms with Gasteiger partial charge in [-0.05, 0) is 26.7 Å². The van der Waals surface area contributed by atoms with Crippen LogP contribution in [0.2, 0.25) is 0 Å². The van der Waals surface area contributed by atoms with Gasteiger partial charge in [-0.15, -0.1) is 0 Å². The Labute approximate surface area is 93.5 Å². The summed E-state index contributed by atoms with van der Waals surface area (Å²) in [5.41, 5.74) is 2.66. The molecule has 84 valence electrons. The van der Waals surface area contributed by atoms with Crippen LogP contribution in [-0.2, 0) is 4.74 Å². The second-order valence-electron chi connectivity index (χ2n) is 4.18. The van der Waals surface area contributed by atoms with E-state index >= 15 is 0 Å². The predicted octanol–water partition coefficient (Wildman–Crippen LogP) is 3.88. The summed E-state index contributed by atoms with van der Waals surface area (Å²) >= 11 is 0. The number of benzene rings is 1. The Morgan fingerprint density at radius 3 is 1.53 bits per heavy atom. The zero-order valence-electron chi connectivity index (χ0n) is 9.96. The molecule has 0 unspecified atom stereocenters. The van der Waals surface area contributed by atoms with Gasteiger partial charge in [-0.1, -0.05) is 48.2 Å². The Bertz CT molecular complexity index is 210. The van der Waals surface area contributed by atoms with Crippen LogP contribution in [0.4, 0.5) is 0 Å². The van der Waals surface area contributed by atoms with Crippen LogP contribution >= 0.6 is 0 Å². The Hall–Kier alpha value is -0.820. The van der Waals surface area contributed by atoms with Gasteiger partial charge in [0, 0.05) is 13.2 Å². The van der Waals surface area contributed by atoms with Crippen LogP contribution in [-0.4, -0.2) is 13.2 Å². The number of hydrogen-bond acceptors (Lipinski definition) is 1. The lowest BCUT2D eigenvalue weighted by Crippen LogP contribution is -1.89. The van der Waals surface area contributed by atoms with E-state index in [0.717, 1.165) is 13.2 Å². The molecule has 1 nitrogen and oxygen atoms in total. The molecule has 1 heterocycles. The van der Waals surface area contributed by atoms with Crippen molar-refractivity contribution < 1.29 is 4.74 Å². The van der Waals surface area contributed by atoms with Crippen LogP contribution < -0.4 is 0 Å². The van der Waals surface area contributed by atoms with Crippen LogP contribution in [0.15, 0.2) is 24.3 Å². The second-order valence-corrected chi connectivity index (χ2v) is 4.18. The van der Waals surface area contributed by atoms with E-state index in [1.807, 2.05) is 0 Å². The van der Waals surface area contributed by atoms with E-state index in [-0.39, 0.29) is 0 Å². The summed E-state index contributed by atoms with van der Waals surface area (Å²) in [5, 5.41) is 0. The van der Waals surface area contributed by atoms with E-state index in [9.17, 15) is 0 Å². The van der Waals surface area contributed by atoms with Crippen molar-refractivity contribution in [2.75, 3.05) is 13.2 Å². The third kappa shape index (κ3) is 6.29. The third-order valence-electron chi connectivity index (χ3n) is 2.55. The molecule has 15 heavy (non-hydrogen) atoms. The van der Waals surface area contributed by atoms with Crippen molar-refractivity contribution in [3.05, 3.63) is 35.4 Å². The molecule has 0 atom stereocenters. The van der Waals surface area contributed by atoms with Gasteiger partial charge in [-0.2, -0.15) is 0 Å². The molecule has 1 aromatic rings. The zero-order chi connectivity index (χ0) is 10.9. The summed E-state index contributed by atoms with van der Waals surface area (Å²) < 4.78 is 5.19. The summed E-state index contributed by atoms with van der Waals surface area (Å²) in [7, 11) is 0. The minimum absolute atomic E-state index is 1.00. The molecule has 1 heteroatoms. The Morgan fingerprint density at radius 2 is 1.13 bits per heavy atom. The number of aryl methyl sites for hydroxylation is 2. The average molecular weight is 206 g/mol. The lowest BCUT2D eigenvalue weighted by molar-refractivity contribution is 0.144. The van der Waals surface area contributed by atoms with E-state index in [1.165, 1.54) is 36.8 Å². The molecule has 0 aliphatic carbocycles. The number of rotatable bonds is 0. The van der Waals surface area contributed by atoms with Gasteiger partial charge in [-0.25, -0.2) is 0 Å². The Morgan fingerprint density at radius 1 is 0.733 bits per heavy atom. The van der Waals surface area contributed by atoms with Gasteiger partial charge in [0.15, 0.2) is 0 Å². The first-order valence-corrected chi connectivity index (χ1v) is 5.90. The summed E-state index contributed by atoms with van der Waals surface area (Å²) in [4.78, 5) is 0. The fourth-order valence-corrected chi connectivity index (χ4v) is 1.50. The van der Waals surface area contributed by atoms with Gasteiger partial charge in [0.05, 0.1) is 0 Å². The van der Waals surface area contributed by atoms with Crippen molar-refractivity contribution in [3.8, 4) is 0 Å². The number of ether oxygens (including phenoxy) is 1. The normalized spacial score (nSPS) is 16.1. The lowest BCUT2D eigenvalue weighted by Gasteiger charge is -1.91. The largest absolute Gasteiger partial charge is 0.381 e. The predicted molar refractivity (Wildman–Crippen MR) is 65.2 cm³/mol. The molecule has 1 fully saturated rings. The highest BCUT2D eigenvalue weighted by Gasteiger charge is 1.95. The summed E-state index contributed by atoms with van der Waals surface area (Å²) in [6, 6.07) is 8.48. The van der Waals surface area contributed by atoms with Crippen molar-refractivity contribution in [2.24, 2.45) is 0 Å². The van der Waals surface area contributed by atoms with Gasteiger partial charge in [-0.3, -0.25) is 0 Å². The summed E-state index contributed by atoms with van der Waals surface area (Å²) in [6.07, 6.45) is 5.31. The maximum Gasteiger partial charge on any atom is 0.0466 e. The van der Waals surface area contributed by atoms with Crippen LogP contribution in [0, 0.1) is 13.8 Å². The standard InChI is InChI=1S/C8H10.C6H12O/c1-7-3-5-8(2)6-4-7;1-2-4-6-7-5-3-1/h3-6H,1-2H3;1-6H2. The average Bonchev–Trinajstić information content (AvgIpc) is 2.55. The second kappa shape index (κ2) is 7.47. The van der Waals surface area contributed by atoms with Gasteiger partial charge in [0.25, 0.3) is 0 Å². The van der Waals surface area contributed by atoms with Crippen molar-refractivity contribution in [1.29, 1.82) is 0 Å². The SMILES string of the molecule is C1CCCOCC1.Cc1ccc(C)cc1.